The van der Waals surface area contributed by atoms with Crippen LogP contribution in [0.2, 0.25) is 0 Å². The highest BCUT2D eigenvalue weighted by atomic mass is 32.1. The number of rotatable bonds is 12. The molecule has 178 valence electrons. The maximum atomic E-state index is 12.9. The van der Waals surface area contributed by atoms with E-state index in [2.05, 4.69) is 33.6 Å². The fraction of sp³-hybridized carbons (Fsp3) is 0.350. The number of benzene rings is 1. The Labute approximate surface area is 193 Å². The summed E-state index contributed by atoms with van der Waals surface area (Å²) in [6.45, 7) is -0.467. The smallest absolute Gasteiger partial charge is 0.327 e. The molecule has 0 aliphatic rings. The number of hydrogen-bond donors (Lipinski definition) is 8. The van der Waals surface area contributed by atoms with Gasteiger partial charge in [0.2, 0.25) is 17.7 Å². The number of aromatic amines is 1. The molecule has 0 spiro atoms. The van der Waals surface area contributed by atoms with E-state index < -0.39 is 60.8 Å². The first-order valence-electron chi connectivity index (χ1n) is 9.86. The first-order chi connectivity index (χ1) is 15.7. The molecule has 1 heterocycles. The van der Waals surface area contributed by atoms with Gasteiger partial charge in [0, 0.05) is 29.3 Å². The number of thiol groups is 1. The fourth-order valence-electron chi connectivity index (χ4n) is 3.10. The number of carbonyl (C=O) groups is 5. The Kier molecular flexibility index (Phi) is 9.24. The number of carboxylic acid groups (broad SMARTS) is 2. The summed E-state index contributed by atoms with van der Waals surface area (Å²) in [6, 6.07) is 3.16. The largest absolute Gasteiger partial charge is 0.481 e. The van der Waals surface area contributed by atoms with E-state index in [0.29, 0.717) is 5.56 Å². The van der Waals surface area contributed by atoms with Crippen LogP contribution >= 0.6 is 12.6 Å². The van der Waals surface area contributed by atoms with Crippen LogP contribution in [0.3, 0.4) is 0 Å². The zero-order valence-electron chi connectivity index (χ0n) is 17.4. The van der Waals surface area contributed by atoms with Gasteiger partial charge in [-0.25, -0.2) is 4.79 Å². The van der Waals surface area contributed by atoms with Gasteiger partial charge in [0.15, 0.2) is 0 Å². The Morgan fingerprint density at radius 2 is 1.61 bits per heavy atom. The number of nitrogens with two attached hydrogens (primary N) is 1. The SMILES string of the molecule is NCC(=O)NC(CC(=O)O)C(=O)NC(Cc1c[nH]c2ccccc12)C(=O)NC(CS)C(=O)O. The minimum atomic E-state index is -1.49. The van der Waals surface area contributed by atoms with Gasteiger partial charge >= 0.3 is 11.9 Å². The molecule has 3 atom stereocenters. The van der Waals surface area contributed by atoms with E-state index in [0.717, 1.165) is 10.9 Å². The van der Waals surface area contributed by atoms with E-state index in [9.17, 15) is 29.1 Å². The number of carbonyl (C=O) groups excluding carboxylic acids is 3. The third kappa shape index (κ3) is 7.22. The number of aliphatic carboxylic acids is 2. The lowest BCUT2D eigenvalue weighted by Crippen LogP contribution is -2.57. The van der Waals surface area contributed by atoms with Crippen molar-refractivity contribution in [3.63, 3.8) is 0 Å². The Morgan fingerprint density at radius 1 is 0.970 bits per heavy atom. The van der Waals surface area contributed by atoms with Crippen LogP contribution in [0.1, 0.15) is 12.0 Å². The summed E-state index contributed by atoms with van der Waals surface area (Å²) in [5.41, 5.74) is 6.67. The van der Waals surface area contributed by atoms with Gasteiger partial charge in [-0.15, -0.1) is 0 Å². The number of amides is 3. The summed E-state index contributed by atoms with van der Waals surface area (Å²) in [6.07, 6.45) is 0.869. The summed E-state index contributed by atoms with van der Waals surface area (Å²) < 4.78 is 0. The highest BCUT2D eigenvalue weighted by molar-refractivity contribution is 7.80. The molecule has 12 nitrogen and oxygen atoms in total. The summed E-state index contributed by atoms with van der Waals surface area (Å²) in [7, 11) is 0. The minimum absolute atomic E-state index is 0.0366. The van der Waals surface area contributed by atoms with Crippen molar-refractivity contribution >= 4 is 53.2 Å². The van der Waals surface area contributed by atoms with Crippen LogP contribution in [0.15, 0.2) is 30.5 Å². The van der Waals surface area contributed by atoms with Gasteiger partial charge in [-0.2, -0.15) is 12.6 Å². The predicted octanol–water partition coefficient (Wildman–Crippen LogP) is -1.39. The van der Waals surface area contributed by atoms with Crippen LogP contribution in [-0.2, 0) is 30.4 Å². The van der Waals surface area contributed by atoms with Crippen LogP contribution in [0.5, 0.6) is 0 Å². The van der Waals surface area contributed by atoms with Crippen molar-refractivity contribution in [2.45, 2.75) is 31.0 Å². The van der Waals surface area contributed by atoms with E-state index in [-0.39, 0.29) is 12.2 Å². The molecule has 0 saturated heterocycles. The van der Waals surface area contributed by atoms with Crippen LogP contribution in [0.4, 0.5) is 0 Å². The quantitative estimate of drug-likeness (QED) is 0.170. The topological polar surface area (TPSA) is 204 Å². The van der Waals surface area contributed by atoms with Crippen molar-refractivity contribution in [1.82, 2.24) is 20.9 Å². The van der Waals surface area contributed by atoms with E-state index in [1.165, 1.54) is 0 Å². The number of para-hydroxylation sites is 1. The van der Waals surface area contributed by atoms with Crippen molar-refractivity contribution in [1.29, 1.82) is 0 Å². The van der Waals surface area contributed by atoms with E-state index in [4.69, 9.17) is 10.8 Å². The lowest BCUT2D eigenvalue weighted by Gasteiger charge is -2.23. The zero-order chi connectivity index (χ0) is 24.5. The van der Waals surface area contributed by atoms with Crippen LogP contribution in [0, 0.1) is 0 Å². The lowest BCUT2D eigenvalue weighted by atomic mass is 10.0. The summed E-state index contributed by atoms with van der Waals surface area (Å²) >= 11 is 3.91. The van der Waals surface area contributed by atoms with E-state index >= 15 is 0 Å². The number of aromatic nitrogens is 1. The molecule has 3 unspecified atom stereocenters. The number of H-pyrrole nitrogens is 1. The molecule has 0 aliphatic heterocycles. The minimum Gasteiger partial charge on any atom is -0.481 e. The maximum Gasteiger partial charge on any atom is 0.327 e. The Bertz CT molecular complexity index is 1040. The van der Waals surface area contributed by atoms with Gasteiger partial charge < -0.3 is 36.9 Å². The zero-order valence-corrected chi connectivity index (χ0v) is 18.3. The highest BCUT2D eigenvalue weighted by Crippen LogP contribution is 2.19. The van der Waals surface area contributed by atoms with Crippen molar-refractivity contribution in [3.05, 3.63) is 36.0 Å². The first-order valence-corrected chi connectivity index (χ1v) is 10.5. The molecule has 33 heavy (non-hydrogen) atoms. The average molecular weight is 480 g/mol. The van der Waals surface area contributed by atoms with Crippen LogP contribution in [-0.4, -0.2) is 75.3 Å². The molecular weight excluding hydrogens is 454 g/mol. The highest BCUT2D eigenvalue weighted by Gasteiger charge is 2.30. The molecule has 0 saturated carbocycles. The second-order valence-electron chi connectivity index (χ2n) is 7.13. The third-order valence-corrected chi connectivity index (χ3v) is 5.11. The molecule has 8 N–H and O–H groups in total. The molecule has 2 rings (SSSR count). The van der Waals surface area contributed by atoms with Gasteiger partial charge in [-0.1, -0.05) is 18.2 Å². The summed E-state index contributed by atoms with van der Waals surface area (Å²) in [5.74, 6) is -5.36. The Morgan fingerprint density at radius 3 is 2.21 bits per heavy atom. The lowest BCUT2D eigenvalue weighted by molar-refractivity contribution is -0.142. The first kappa shape index (κ1) is 25.7. The fourth-order valence-corrected chi connectivity index (χ4v) is 3.34. The van der Waals surface area contributed by atoms with Crippen molar-refractivity contribution in [2.24, 2.45) is 5.73 Å². The average Bonchev–Trinajstić information content (AvgIpc) is 3.18. The summed E-state index contributed by atoms with van der Waals surface area (Å²) in [4.78, 5) is 62.8. The molecule has 13 heteroatoms. The number of nitrogens with one attached hydrogen (secondary N) is 4. The van der Waals surface area contributed by atoms with Crippen molar-refractivity contribution < 1.29 is 34.2 Å². The molecular formula is C20H25N5O7S. The second kappa shape index (κ2) is 11.9. The van der Waals surface area contributed by atoms with Gasteiger partial charge in [-0.3, -0.25) is 19.2 Å². The van der Waals surface area contributed by atoms with Gasteiger partial charge in [0.25, 0.3) is 0 Å². The molecule has 0 bridgehead atoms. The van der Waals surface area contributed by atoms with Gasteiger partial charge in [-0.05, 0) is 11.6 Å². The normalized spacial score (nSPS) is 13.5. The molecule has 3 amide bonds. The van der Waals surface area contributed by atoms with E-state index in [1.807, 2.05) is 12.1 Å². The predicted molar refractivity (Wildman–Crippen MR) is 121 cm³/mol. The number of carboxylic acids is 2. The molecule has 0 aliphatic carbocycles. The third-order valence-electron chi connectivity index (χ3n) is 4.74. The van der Waals surface area contributed by atoms with Crippen molar-refractivity contribution in [3.8, 4) is 0 Å². The number of fused-ring (bicyclic) bond motifs is 1. The van der Waals surface area contributed by atoms with Gasteiger partial charge in [0.1, 0.15) is 18.1 Å². The van der Waals surface area contributed by atoms with Crippen LogP contribution < -0.4 is 21.7 Å². The van der Waals surface area contributed by atoms with Gasteiger partial charge in [0.05, 0.1) is 13.0 Å². The van der Waals surface area contributed by atoms with Crippen LogP contribution in [0.25, 0.3) is 10.9 Å². The standard InChI is InChI=1S/C20H25N5O7S/c21-7-16(26)23-14(6-17(27)28)19(30)24-13(18(29)25-15(9-33)20(31)32)5-10-8-22-12-4-2-1-3-11(10)12/h1-4,8,13-15,22,33H,5-7,9,21H2,(H,23,26)(H,24,30)(H,25,29)(H,27,28)(H,31,32). The maximum absolute atomic E-state index is 12.9. The van der Waals surface area contributed by atoms with Crippen molar-refractivity contribution in [2.75, 3.05) is 12.3 Å². The molecule has 0 radical (unpaired) electrons. The molecule has 1 aromatic heterocycles. The summed E-state index contributed by atoms with van der Waals surface area (Å²) in [5, 5.41) is 26.0. The molecule has 2 aromatic rings. The number of hydrogen-bond acceptors (Lipinski definition) is 7. The Hall–Kier alpha value is -3.58. The van der Waals surface area contributed by atoms with E-state index in [1.54, 1.807) is 18.3 Å². The molecule has 0 fully saturated rings. The second-order valence-corrected chi connectivity index (χ2v) is 7.49. The monoisotopic (exact) mass is 479 g/mol. The molecule has 1 aromatic carbocycles. The Balaban J connectivity index is 2.30.